The van der Waals surface area contributed by atoms with Crippen molar-refractivity contribution >= 4 is 23.6 Å². The highest BCUT2D eigenvalue weighted by Gasteiger charge is 2.33. The van der Waals surface area contributed by atoms with Gasteiger partial charge in [-0.2, -0.15) is 11.8 Å². The van der Waals surface area contributed by atoms with Crippen LogP contribution in [0.3, 0.4) is 0 Å². The molecule has 0 spiro atoms. The van der Waals surface area contributed by atoms with Gasteiger partial charge in [-0.3, -0.25) is 4.79 Å². The van der Waals surface area contributed by atoms with Crippen LogP contribution in [0.25, 0.3) is 0 Å². The number of piperidine rings is 1. The molecule has 3 N–H and O–H groups in total. The van der Waals surface area contributed by atoms with Gasteiger partial charge in [-0.1, -0.05) is 0 Å². The molecule has 0 aromatic carbocycles. The van der Waals surface area contributed by atoms with E-state index in [1.54, 1.807) is 11.8 Å². The molecule has 17 heavy (non-hydrogen) atoms. The second-order valence-electron chi connectivity index (χ2n) is 4.27. The Hall–Kier alpha value is -0.750. The molecule has 0 radical (unpaired) electrons. The Kier molecular flexibility index (Phi) is 5.77. The number of aliphatic carboxylic acids is 1. The van der Waals surface area contributed by atoms with Gasteiger partial charge in [-0.25, -0.2) is 4.79 Å². The molecule has 1 rings (SSSR count). The van der Waals surface area contributed by atoms with Crippen molar-refractivity contribution in [3.8, 4) is 0 Å². The van der Waals surface area contributed by atoms with Crippen LogP contribution in [-0.2, 0) is 9.59 Å². The molecule has 0 bridgehead atoms. The Balaban J connectivity index is 2.61. The number of hydrogen-bond acceptors (Lipinski definition) is 4. The molecule has 1 aliphatic rings. The fraction of sp³-hybridized carbons (Fsp3) is 0.818. The molecule has 1 aliphatic heterocycles. The molecule has 6 heteroatoms. The Labute approximate surface area is 106 Å². The highest BCUT2D eigenvalue weighted by Crippen LogP contribution is 2.18. The summed E-state index contributed by atoms with van der Waals surface area (Å²) in [6.45, 7) is 0.517. The van der Waals surface area contributed by atoms with E-state index in [4.69, 9.17) is 10.8 Å². The largest absolute Gasteiger partial charge is 0.480 e. The maximum atomic E-state index is 12.0. The predicted molar refractivity (Wildman–Crippen MR) is 68.0 cm³/mol. The van der Waals surface area contributed by atoms with Gasteiger partial charge in [0.1, 0.15) is 6.04 Å². The summed E-state index contributed by atoms with van der Waals surface area (Å²) in [5.74, 6) is -0.320. The lowest BCUT2D eigenvalue weighted by atomic mass is 10.0. The van der Waals surface area contributed by atoms with Crippen LogP contribution in [0.5, 0.6) is 0 Å². The van der Waals surface area contributed by atoms with Crippen LogP contribution in [0.2, 0.25) is 0 Å². The van der Waals surface area contributed by atoms with E-state index in [0.717, 1.165) is 18.6 Å². The van der Waals surface area contributed by atoms with E-state index in [-0.39, 0.29) is 5.91 Å². The number of carbonyl (C=O) groups excluding carboxylic acids is 1. The van der Waals surface area contributed by atoms with Crippen molar-refractivity contribution in [3.63, 3.8) is 0 Å². The summed E-state index contributed by atoms with van der Waals surface area (Å²) >= 11 is 1.63. The van der Waals surface area contributed by atoms with Crippen molar-refractivity contribution in [1.82, 2.24) is 4.90 Å². The summed E-state index contributed by atoms with van der Waals surface area (Å²) in [6.07, 6.45) is 4.82. The molecule has 1 saturated heterocycles. The summed E-state index contributed by atoms with van der Waals surface area (Å²) < 4.78 is 0. The van der Waals surface area contributed by atoms with Crippen LogP contribution in [0.4, 0.5) is 0 Å². The maximum absolute atomic E-state index is 12.0. The first-order chi connectivity index (χ1) is 8.07. The first kappa shape index (κ1) is 14.3. The summed E-state index contributed by atoms with van der Waals surface area (Å²) in [5.41, 5.74) is 5.80. The van der Waals surface area contributed by atoms with Crippen LogP contribution in [-0.4, -0.2) is 52.5 Å². The molecular weight excluding hydrogens is 240 g/mol. The number of thioether (sulfide) groups is 1. The Bertz CT molecular complexity index is 286. The number of carboxylic acids is 1. The van der Waals surface area contributed by atoms with Crippen molar-refractivity contribution in [2.24, 2.45) is 5.73 Å². The van der Waals surface area contributed by atoms with Gasteiger partial charge in [-0.15, -0.1) is 0 Å². The molecule has 98 valence electrons. The number of nitrogens with two attached hydrogens (primary N) is 1. The van der Waals surface area contributed by atoms with Gasteiger partial charge in [0, 0.05) is 6.54 Å². The smallest absolute Gasteiger partial charge is 0.326 e. The van der Waals surface area contributed by atoms with Crippen molar-refractivity contribution in [1.29, 1.82) is 0 Å². The molecule has 2 atom stereocenters. The van der Waals surface area contributed by atoms with Crippen LogP contribution < -0.4 is 5.73 Å². The molecular formula is C11H20N2O3S. The summed E-state index contributed by atoms with van der Waals surface area (Å²) in [5, 5.41) is 9.08. The van der Waals surface area contributed by atoms with Crippen molar-refractivity contribution in [2.45, 2.75) is 37.8 Å². The Morgan fingerprint density at radius 1 is 1.53 bits per heavy atom. The number of carboxylic acid groups (broad SMARTS) is 1. The normalized spacial score (nSPS) is 22.2. The van der Waals surface area contributed by atoms with Crippen LogP contribution in [0.1, 0.15) is 25.7 Å². The lowest BCUT2D eigenvalue weighted by molar-refractivity contribution is -0.152. The van der Waals surface area contributed by atoms with Gasteiger partial charge in [0.15, 0.2) is 0 Å². The third kappa shape index (κ3) is 3.89. The zero-order valence-corrected chi connectivity index (χ0v) is 10.9. The van der Waals surface area contributed by atoms with E-state index in [0.29, 0.717) is 19.4 Å². The van der Waals surface area contributed by atoms with Gasteiger partial charge in [-0.05, 0) is 37.7 Å². The monoisotopic (exact) mass is 260 g/mol. The number of likely N-dealkylation sites (tertiary alicyclic amines) is 1. The van der Waals surface area contributed by atoms with Gasteiger partial charge >= 0.3 is 5.97 Å². The van der Waals surface area contributed by atoms with Crippen molar-refractivity contribution in [2.75, 3.05) is 18.6 Å². The van der Waals surface area contributed by atoms with Crippen LogP contribution >= 0.6 is 11.8 Å². The van der Waals surface area contributed by atoms with Crippen molar-refractivity contribution < 1.29 is 14.7 Å². The van der Waals surface area contributed by atoms with E-state index in [1.165, 1.54) is 4.90 Å². The molecule has 0 aromatic rings. The maximum Gasteiger partial charge on any atom is 0.326 e. The van der Waals surface area contributed by atoms with E-state index in [1.807, 2.05) is 6.26 Å². The molecule has 0 unspecified atom stereocenters. The SMILES string of the molecule is CSCC[C@@H](N)C(=O)N1CCCC[C@@H]1C(=O)O. The van der Waals surface area contributed by atoms with E-state index in [9.17, 15) is 9.59 Å². The van der Waals surface area contributed by atoms with Crippen molar-refractivity contribution in [3.05, 3.63) is 0 Å². The topological polar surface area (TPSA) is 83.6 Å². The van der Waals surface area contributed by atoms with Crippen LogP contribution in [0.15, 0.2) is 0 Å². The second kappa shape index (κ2) is 6.86. The van der Waals surface area contributed by atoms with E-state index < -0.39 is 18.1 Å². The Morgan fingerprint density at radius 3 is 2.82 bits per heavy atom. The number of amides is 1. The number of nitrogens with zero attached hydrogens (tertiary/aromatic N) is 1. The average molecular weight is 260 g/mol. The van der Waals surface area contributed by atoms with Crippen LogP contribution in [0, 0.1) is 0 Å². The lowest BCUT2D eigenvalue weighted by Gasteiger charge is -2.34. The quantitative estimate of drug-likeness (QED) is 0.753. The zero-order valence-electron chi connectivity index (χ0n) is 10.1. The standard InChI is InChI=1S/C11H20N2O3S/c1-17-7-5-8(12)10(14)13-6-3-2-4-9(13)11(15)16/h8-9H,2-7,12H2,1H3,(H,15,16)/t8-,9-/m1/s1. The lowest BCUT2D eigenvalue weighted by Crippen LogP contribution is -2.53. The molecule has 1 fully saturated rings. The molecule has 1 amide bonds. The second-order valence-corrected chi connectivity index (χ2v) is 5.26. The molecule has 0 saturated carbocycles. The number of rotatable bonds is 5. The number of carbonyl (C=O) groups is 2. The third-order valence-electron chi connectivity index (χ3n) is 3.02. The minimum Gasteiger partial charge on any atom is -0.480 e. The highest BCUT2D eigenvalue weighted by atomic mass is 32.2. The minimum atomic E-state index is -0.921. The molecule has 5 nitrogen and oxygen atoms in total. The van der Waals surface area contributed by atoms with E-state index in [2.05, 4.69) is 0 Å². The molecule has 0 aromatic heterocycles. The first-order valence-electron chi connectivity index (χ1n) is 5.85. The fourth-order valence-corrected chi connectivity index (χ4v) is 2.52. The van der Waals surface area contributed by atoms with E-state index >= 15 is 0 Å². The van der Waals surface area contributed by atoms with Gasteiger partial charge in [0.05, 0.1) is 6.04 Å². The zero-order chi connectivity index (χ0) is 12.8. The van der Waals surface area contributed by atoms with Gasteiger partial charge < -0.3 is 15.7 Å². The molecule has 1 heterocycles. The Morgan fingerprint density at radius 2 is 2.24 bits per heavy atom. The summed E-state index contributed by atoms with van der Waals surface area (Å²) in [7, 11) is 0. The molecule has 0 aliphatic carbocycles. The highest BCUT2D eigenvalue weighted by molar-refractivity contribution is 7.98. The third-order valence-corrected chi connectivity index (χ3v) is 3.67. The van der Waals surface area contributed by atoms with Gasteiger partial charge in [0.25, 0.3) is 0 Å². The summed E-state index contributed by atoms with van der Waals surface area (Å²) in [6, 6.07) is -1.25. The van der Waals surface area contributed by atoms with Gasteiger partial charge in [0.2, 0.25) is 5.91 Å². The average Bonchev–Trinajstić information content (AvgIpc) is 2.34. The predicted octanol–water partition coefficient (Wildman–Crippen LogP) is 0.532. The minimum absolute atomic E-state index is 0.217. The first-order valence-corrected chi connectivity index (χ1v) is 7.25. The number of hydrogen-bond donors (Lipinski definition) is 2. The fourth-order valence-electron chi connectivity index (χ4n) is 2.03. The summed E-state index contributed by atoms with van der Waals surface area (Å²) in [4.78, 5) is 24.6.